The molecule has 6 aromatic rings. The van der Waals surface area contributed by atoms with Gasteiger partial charge in [-0.25, -0.2) is 23.1 Å². The first kappa shape index (κ1) is 38.2. The van der Waals surface area contributed by atoms with Crippen LogP contribution in [0.4, 0.5) is 38.1 Å². The van der Waals surface area contributed by atoms with E-state index in [1.54, 1.807) is 57.8 Å². The monoisotopic (exact) mass is 810 g/mol. The first-order valence-corrected chi connectivity index (χ1v) is 19.4. The summed E-state index contributed by atoms with van der Waals surface area (Å²) < 4.78 is 81.6. The molecular formula is C42H39F5N10O2. The molecule has 7 heterocycles. The first-order valence-electron chi connectivity index (χ1n) is 19.4. The van der Waals surface area contributed by atoms with Crippen LogP contribution in [0.1, 0.15) is 65.6 Å². The van der Waals surface area contributed by atoms with Gasteiger partial charge >= 0.3 is 12.2 Å². The number of nitriles is 1. The average Bonchev–Trinajstić information content (AvgIpc) is 3.99. The van der Waals surface area contributed by atoms with Crippen molar-refractivity contribution < 1.29 is 31.5 Å². The van der Waals surface area contributed by atoms with Gasteiger partial charge in [0.1, 0.15) is 35.0 Å². The maximum Gasteiger partial charge on any atom is 0.417 e. The zero-order valence-corrected chi connectivity index (χ0v) is 32.6. The molecule has 0 aliphatic carbocycles. The second-order valence-electron chi connectivity index (χ2n) is 16.1. The fourth-order valence-corrected chi connectivity index (χ4v) is 9.58. The summed E-state index contributed by atoms with van der Waals surface area (Å²) in [7, 11) is 3.35. The molecule has 0 bridgehead atoms. The minimum absolute atomic E-state index is 0.00812. The van der Waals surface area contributed by atoms with E-state index in [0.717, 1.165) is 18.2 Å². The zero-order chi connectivity index (χ0) is 41.7. The van der Waals surface area contributed by atoms with E-state index in [2.05, 4.69) is 21.3 Å². The first-order chi connectivity index (χ1) is 28.2. The van der Waals surface area contributed by atoms with E-state index >= 15 is 8.78 Å². The summed E-state index contributed by atoms with van der Waals surface area (Å²) in [5, 5.41) is 17.8. The van der Waals surface area contributed by atoms with Crippen molar-refractivity contribution in [3.63, 3.8) is 0 Å². The topological polar surface area (TPSA) is 121 Å². The number of hydrogen-bond donors (Lipinski definition) is 0. The molecule has 59 heavy (non-hydrogen) atoms. The molecule has 2 fully saturated rings. The molecule has 3 aliphatic rings. The van der Waals surface area contributed by atoms with E-state index in [4.69, 9.17) is 0 Å². The molecule has 3 unspecified atom stereocenters. The van der Waals surface area contributed by atoms with Crippen molar-refractivity contribution in [2.24, 2.45) is 18.9 Å². The molecule has 0 radical (unpaired) electrons. The van der Waals surface area contributed by atoms with Crippen LogP contribution in [0.2, 0.25) is 0 Å². The number of aryl methyl sites for hydroxylation is 1. The quantitative estimate of drug-likeness (QED) is 0.130. The highest BCUT2D eigenvalue weighted by molar-refractivity contribution is 6.11. The lowest BCUT2D eigenvalue weighted by atomic mass is 9.83. The van der Waals surface area contributed by atoms with E-state index in [-0.39, 0.29) is 71.4 Å². The summed E-state index contributed by atoms with van der Waals surface area (Å²) in [6, 6.07) is 9.14. The number of likely N-dealkylation sites (N-methyl/N-ethyl adjacent to an activating group) is 1. The molecule has 3 aliphatic heterocycles. The number of alkyl halides is 3. The van der Waals surface area contributed by atoms with Gasteiger partial charge in [0.2, 0.25) is 5.78 Å². The molecule has 3 atom stereocenters. The lowest BCUT2D eigenvalue weighted by Crippen LogP contribution is -2.45. The van der Waals surface area contributed by atoms with E-state index in [0.29, 0.717) is 59.6 Å². The van der Waals surface area contributed by atoms with E-state index in [9.17, 15) is 28.0 Å². The van der Waals surface area contributed by atoms with Crippen LogP contribution in [0.5, 0.6) is 0 Å². The molecule has 1 amide bonds. The van der Waals surface area contributed by atoms with Crippen LogP contribution in [0.3, 0.4) is 0 Å². The highest BCUT2D eigenvalue weighted by Gasteiger charge is 2.48. The van der Waals surface area contributed by atoms with Crippen LogP contribution < -0.4 is 9.80 Å². The van der Waals surface area contributed by atoms with Crippen LogP contribution in [0.25, 0.3) is 27.7 Å². The third kappa shape index (κ3) is 6.01. The Bertz CT molecular complexity index is 2720. The Balaban J connectivity index is 1.05. The molecule has 304 valence electrons. The van der Waals surface area contributed by atoms with Crippen LogP contribution in [-0.2, 0) is 19.6 Å². The Kier molecular flexibility index (Phi) is 9.02. The lowest BCUT2D eigenvalue weighted by Gasteiger charge is -2.38. The number of rotatable bonds is 5. The second-order valence-corrected chi connectivity index (χ2v) is 16.1. The van der Waals surface area contributed by atoms with Crippen molar-refractivity contribution in [3.8, 4) is 17.2 Å². The van der Waals surface area contributed by atoms with Crippen LogP contribution >= 0.6 is 0 Å². The van der Waals surface area contributed by atoms with Crippen LogP contribution in [-0.4, -0.2) is 84.7 Å². The standard InChI is InChI=1S/C42H39F5N10O2/c1-22(2)40-51-50-21-57(40)41(59)56-18-24-9-13-54(19-27(24)31(56)7-10-48)37-29(43)14-25(15-30(37)44)39(58)33-16-23-8-12-52(3)38-34(26-6-5-11-55(33)36(23)26)28(42(45,46)47)17-32-35(38)49-20-53(32)4/h5-6,11,14-17,20-22,24,27,31H,7-9,12-13,18-19H2,1-4H3. The number of pyridine rings is 1. The summed E-state index contributed by atoms with van der Waals surface area (Å²) in [4.78, 5) is 37.5. The van der Waals surface area contributed by atoms with Gasteiger partial charge in [0.25, 0.3) is 0 Å². The smallest absolute Gasteiger partial charge is 0.372 e. The van der Waals surface area contributed by atoms with Gasteiger partial charge in [0.05, 0.1) is 52.8 Å². The maximum absolute atomic E-state index is 16.2. The molecule has 17 heteroatoms. The minimum atomic E-state index is -4.73. The van der Waals surface area contributed by atoms with Crippen molar-refractivity contribution in [1.82, 2.24) is 33.6 Å². The van der Waals surface area contributed by atoms with Crippen molar-refractivity contribution in [1.29, 1.82) is 5.26 Å². The molecule has 2 saturated heterocycles. The SMILES string of the molecule is CC(C)c1nncn1C(=O)N1CC2CCN(c3c(F)cc(C(=O)c4cc5c6c(cccn46)-c4c(C(F)(F)F)cc6c(ncn6C)c4N(C)CC5)cc3F)CC2C1CC#N. The summed E-state index contributed by atoms with van der Waals surface area (Å²) in [6.45, 7) is 4.93. The van der Waals surface area contributed by atoms with Crippen molar-refractivity contribution in [2.75, 3.05) is 43.0 Å². The number of carbonyl (C=O) groups excluding carboxylic acids is 2. The zero-order valence-electron chi connectivity index (χ0n) is 32.6. The van der Waals surface area contributed by atoms with Gasteiger partial charge in [0, 0.05) is 75.0 Å². The van der Waals surface area contributed by atoms with Crippen LogP contribution in [0, 0.1) is 34.8 Å². The summed E-state index contributed by atoms with van der Waals surface area (Å²) >= 11 is 0. The van der Waals surface area contributed by atoms with E-state index in [1.165, 1.54) is 21.6 Å². The minimum Gasteiger partial charge on any atom is -0.372 e. The third-order valence-electron chi connectivity index (χ3n) is 12.3. The predicted molar refractivity (Wildman–Crippen MR) is 208 cm³/mol. The fraction of sp³-hybridized carbons (Fsp3) is 0.381. The molecule has 9 rings (SSSR count). The number of imidazole rings is 1. The van der Waals surface area contributed by atoms with Crippen molar-refractivity contribution in [2.45, 2.75) is 51.2 Å². The van der Waals surface area contributed by atoms with Gasteiger partial charge in [-0.3, -0.25) is 4.79 Å². The number of piperidine rings is 1. The Labute approximate surface area is 335 Å². The van der Waals surface area contributed by atoms with Gasteiger partial charge < -0.3 is 23.7 Å². The maximum atomic E-state index is 16.2. The molecule has 2 aromatic carbocycles. The number of halogens is 5. The van der Waals surface area contributed by atoms with E-state index in [1.807, 2.05) is 13.8 Å². The number of benzene rings is 2. The van der Waals surface area contributed by atoms with Crippen LogP contribution in [0.15, 0.2) is 55.2 Å². The molecule has 0 spiro atoms. The van der Waals surface area contributed by atoms with Gasteiger partial charge in [0.15, 0.2) is 0 Å². The number of carbonyl (C=O) groups is 2. The Morgan fingerprint density at radius 2 is 1.78 bits per heavy atom. The van der Waals surface area contributed by atoms with Crippen molar-refractivity contribution >= 4 is 39.7 Å². The molecule has 12 nitrogen and oxygen atoms in total. The largest absolute Gasteiger partial charge is 0.417 e. The van der Waals surface area contributed by atoms with Gasteiger partial charge in [-0.15, -0.1) is 10.2 Å². The molecule has 0 saturated carbocycles. The fourth-order valence-electron chi connectivity index (χ4n) is 9.58. The molecule has 0 N–H and O–H groups in total. The number of nitrogens with zero attached hydrogens (tertiary/aromatic N) is 10. The van der Waals surface area contributed by atoms with Gasteiger partial charge in [-0.2, -0.15) is 18.4 Å². The summed E-state index contributed by atoms with van der Waals surface area (Å²) in [6.07, 6.45) is 0.574. The highest BCUT2D eigenvalue weighted by Crippen LogP contribution is 2.49. The summed E-state index contributed by atoms with van der Waals surface area (Å²) in [5.74, 6) is -2.46. The Morgan fingerprint density at radius 1 is 1.02 bits per heavy atom. The number of aromatic nitrogens is 6. The number of amides is 1. The second kappa shape index (κ2) is 13.9. The number of ketones is 1. The Hall–Kier alpha value is -6.31. The molecular weight excluding hydrogens is 772 g/mol. The van der Waals surface area contributed by atoms with Gasteiger partial charge in [-0.05, 0) is 54.7 Å². The van der Waals surface area contributed by atoms with E-state index < -0.39 is 35.2 Å². The van der Waals surface area contributed by atoms with Gasteiger partial charge in [-0.1, -0.05) is 19.9 Å². The number of fused-ring (bicyclic) bond motifs is 5. The molecule has 4 aromatic heterocycles. The number of likely N-dealkylation sites (tertiary alicyclic amines) is 1. The lowest BCUT2D eigenvalue weighted by molar-refractivity contribution is -0.137. The Morgan fingerprint density at radius 3 is 2.49 bits per heavy atom. The summed E-state index contributed by atoms with van der Waals surface area (Å²) in [5.41, 5.74) is 0.876. The number of anilines is 2. The number of hydrogen-bond acceptors (Lipinski definition) is 8. The van der Waals surface area contributed by atoms with Crippen molar-refractivity contribution in [3.05, 3.63) is 95.1 Å². The average molecular weight is 811 g/mol. The third-order valence-corrected chi connectivity index (χ3v) is 12.3. The highest BCUT2D eigenvalue weighted by atomic mass is 19.4. The normalized spacial score (nSPS) is 19.3. The predicted octanol–water partition coefficient (Wildman–Crippen LogP) is 7.44.